The highest BCUT2D eigenvalue weighted by atomic mass is 16.3. The second-order valence-corrected chi connectivity index (χ2v) is 10.4. The number of allylic oxidation sites excluding steroid dienone is 2. The summed E-state index contributed by atoms with van der Waals surface area (Å²) in [4.78, 5) is 28.3. The van der Waals surface area contributed by atoms with Crippen LogP contribution in [0.1, 0.15) is 64.4 Å². The maximum Gasteiger partial charge on any atom is 0.238 e. The molecule has 1 aliphatic carbocycles. The highest BCUT2D eigenvalue weighted by molar-refractivity contribution is 6.22. The standard InChI is InChI=1S/C32H39NO5/c1-3-10-21(18-22-12-8-9-15-27(22)35)16-17-28(36)29-23(11-4-2)19-25-30(26(29)20-34)32(38)33(31(25)37)24-13-6-5-7-14-24/h5-9,12-15,18,25-26,28,30,34-36H,3-4,10-11,16-17,19-20H2,1-2H3/b21-18+/t25-,26+,28-,30-/m1/s1. The monoisotopic (exact) mass is 517 g/mol. The molecular formula is C32H39NO5. The molecule has 2 amide bonds. The Morgan fingerprint density at radius 1 is 1.00 bits per heavy atom. The molecule has 38 heavy (non-hydrogen) atoms. The Kier molecular flexibility index (Phi) is 9.18. The summed E-state index contributed by atoms with van der Waals surface area (Å²) in [5.41, 5.74) is 4.16. The van der Waals surface area contributed by atoms with Crippen molar-refractivity contribution in [3.8, 4) is 5.75 Å². The van der Waals surface area contributed by atoms with Gasteiger partial charge in [0.15, 0.2) is 0 Å². The Balaban J connectivity index is 1.61. The summed E-state index contributed by atoms with van der Waals surface area (Å²) in [6.45, 7) is 3.86. The van der Waals surface area contributed by atoms with Gasteiger partial charge in [0.25, 0.3) is 0 Å². The van der Waals surface area contributed by atoms with E-state index in [1.165, 1.54) is 4.90 Å². The van der Waals surface area contributed by atoms with Crippen LogP contribution in [0.15, 0.2) is 71.3 Å². The number of aliphatic hydroxyl groups excluding tert-OH is 2. The molecule has 4 atom stereocenters. The SMILES string of the molecule is CCCC1=C([C@H](O)CC/C(=C/c2ccccc2O)CCC)[C@H](CO)[C@@H]2C(=O)N(c3ccccc3)C(=O)[C@@H]2C1. The van der Waals surface area contributed by atoms with E-state index in [1.54, 1.807) is 36.4 Å². The van der Waals surface area contributed by atoms with Crippen molar-refractivity contribution in [1.29, 1.82) is 0 Å². The fourth-order valence-electron chi connectivity index (χ4n) is 6.23. The lowest BCUT2D eigenvalue weighted by molar-refractivity contribution is -0.123. The molecule has 0 bridgehead atoms. The number of rotatable bonds is 11. The number of aromatic hydroxyl groups is 1. The third-order valence-electron chi connectivity index (χ3n) is 7.91. The molecule has 4 rings (SSSR count). The number of aliphatic hydroxyl groups is 2. The molecule has 1 fully saturated rings. The smallest absolute Gasteiger partial charge is 0.238 e. The highest BCUT2D eigenvalue weighted by Gasteiger charge is 2.55. The van der Waals surface area contributed by atoms with Gasteiger partial charge in [0.1, 0.15) is 5.75 Å². The van der Waals surface area contributed by atoms with Gasteiger partial charge in [0.05, 0.1) is 30.2 Å². The Bertz CT molecular complexity index is 1200. The first-order chi connectivity index (χ1) is 18.4. The van der Waals surface area contributed by atoms with Crippen LogP contribution in [0.5, 0.6) is 5.75 Å². The van der Waals surface area contributed by atoms with Crippen LogP contribution in [-0.4, -0.2) is 39.8 Å². The predicted octanol–water partition coefficient (Wildman–Crippen LogP) is 5.63. The lowest BCUT2D eigenvalue weighted by atomic mass is 9.67. The van der Waals surface area contributed by atoms with Gasteiger partial charge in [0, 0.05) is 11.5 Å². The van der Waals surface area contributed by atoms with E-state index in [1.807, 2.05) is 24.3 Å². The number of carbonyl (C=O) groups is 2. The first-order valence-electron chi connectivity index (χ1n) is 13.8. The molecule has 0 aromatic heterocycles. The molecule has 2 aromatic carbocycles. The van der Waals surface area contributed by atoms with E-state index in [0.717, 1.165) is 41.5 Å². The van der Waals surface area contributed by atoms with E-state index in [4.69, 9.17) is 0 Å². The summed E-state index contributed by atoms with van der Waals surface area (Å²) >= 11 is 0. The van der Waals surface area contributed by atoms with Crippen LogP contribution in [-0.2, 0) is 9.59 Å². The van der Waals surface area contributed by atoms with Crippen molar-refractivity contribution in [2.75, 3.05) is 11.5 Å². The van der Waals surface area contributed by atoms with Gasteiger partial charge in [-0.1, -0.05) is 80.3 Å². The second kappa shape index (κ2) is 12.5. The van der Waals surface area contributed by atoms with Crippen molar-refractivity contribution in [2.24, 2.45) is 17.8 Å². The van der Waals surface area contributed by atoms with Crippen LogP contribution in [0, 0.1) is 17.8 Å². The normalized spacial score (nSPS) is 22.7. The van der Waals surface area contributed by atoms with Crippen molar-refractivity contribution in [3.05, 3.63) is 76.9 Å². The number of para-hydroxylation sites is 2. The van der Waals surface area contributed by atoms with Gasteiger partial charge >= 0.3 is 0 Å². The molecular weight excluding hydrogens is 478 g/mol. The Morgan fingerprint density at radius 2 is 1.71 bits per heavy atom. The Hall–Kier alpha value is -3.22. The van der Waals surface area contributed by atoms with E-state index in [0.29, 0.717) is 31.4 Å². The molecule has 6 nitrogen and oxygen atoms in total. The molecule has 1 aliphatic heterocycles. The molecule has 3 N–H and O–H groups in total. The topological polar surface area (TPSA) is 98.1 Å². The highest BCUT2D eigenvalue weighted by Crippen LogP contribution is 2.48. The van der Waals surface area contributed by atoms with Gasteiger partial charge in [0.2, 0.25) is 11.8 Å². The molecule has 202 valence electrons. The van der Waals surface area contributed by atoms with Crippen LogP contribution in [0.3, 0.4) is 0 Å². The van der Waals surface area contributed by atoms with Gasteiger partial charge in [-0.15, -0.1) is 0 Å². The van der Waals surface area contributed by atoms with Crippen molar-refractivity contribution < 1.29 is 24.9 Å². The summed E-state index contributed by atoms with van der Waals surface area (Å²) < 4.78 is 0. The maximum atomic E-state index is 13.6. The fraction of sp³-hybridized carbons (Fsp3) is 0.438. The molecule has 0 saturated carbocycles. The Labute approximate surface area is 225 Å². The van der Waals surface area contributed by atoms with Crippen molar-refractivity contribution in [2.45, 2.75) is 64.9 Å². The Morgan fingerprint density at radius 3 is 2.37 bits per heavy atom. The van der Waals surface area contributed by atoms with Crippen LogP contribution in [0.2, 0.25) is 0 Å². The number of benzene rings is 2. The summed E-state index contributed by atoms with van der Waals surface area (Å²) in [6.07, 6.45) is 6.02. The first kappa shape index (κ1) is 27.8. The number of phenolic OH excluding ortho intramolecular Hbond substituents is 1. The average Bonchev–Trinajstić information content (AvgIpc) is 3.17. The molecule has 6 heteroatoms. The molecule has 0 radical (unpaired) electrons. The number of hydrogen-bond acceptors (Lipinski definition) is 5. The van der Waals surface area contributed by atoms with Crippen molar-refractivity contribution in [3.63, 3.8) is 0 Å². The summed E-state index contributed by atoms with van der Waals surface area (Å²) in [5, 5.41) is 32.2. The molecule has 1 saturated heterocycles. The van der Waals surface area contributed by atoms with Crippen molar-refractivity contribution >= 4 is 23.6 Å². The number of hydrogen-bond donors (Lipinski definition) is 3. The molecule has 0 unspecified atom stereocenters. The minimum Gasteiger partial charge on any atom is -0.507 e. The van der Waals surface area contributed by atoms with Gasteiger partial charge in [-0.2, -0.15) is 0 Å². The van der Waals surface area contributed by atoms with Gasteiger partial charge in [-0.25, -0.2) is 0 Å². The van der Waals surface area contributed by atoms with E-state index in [9.17, 15) is 24.9 Å². The lowest BCUT2D eigenvalue weighted by Crippen LogP contribution is -2.39. The van der Waals surface area contributed by atoms with Gasteiger partial charge in [-0.05, 0) is 55.9 Å². The maximum absolute atomic E-state index is 13.6. The number of fused-ring (bicyclic) bond motifs is 1. The quantitative estimate of drug-likeness (QED) is 0.265. The third kappa shape index (κ3) is 5.62. The average molecular weight is 518 g/mol. The first-order valence-corrected chi connectivity index (χ1v) is 13.8. The summed E-state index contributed by atoms with van der Waals surface area (Å²) in [5.74, 6) is -2.08. The number of anilines is 1. The van der Waals surface area contributed by atoms with Gasteiger partial charge < -0.3 is 15.3 Å². The van der Waals surface area contributed by atoms with Gasteiger partial charge in [-0.3, -0.25) is 14.5 Å². The second-order valence-electron chi connectivity index (χ2n) is 10.4. The fourth-order valence-corrected chi connectivity index (χ4v) is 6.23. The lowest BCUT2D eigenvalue weighted by Gasteiger charge is -2.36. The van der Waals surface area contributed by atoms with E-state index in [-0.39, 0.29) is 24.2 Å². The predicted molar refractivity (Wildman–Crippen MR) is 149 cm³/mol. The largest absolute Gasteiger partial charge is 0.507 e. The van der Waals surface area contributed by atoms with E-state index >= 15 is 0 Å². The number of amides is 2. The van der Waals surface area contributed by atoms with Crippen LogP contribution < -0.4 is 4.90 Å². The van der Waals surface area contributed by atoms with Crippen molar-refractivity contribution in [1.82, 2.24) is 0 Å². The number of imide groups is 1. The molecule has 2 aromatic rings. The number of carbonyl (C=O) groups excluding carboxylic acids is 2. The molecule has 0 spiro atoms. The zero-order chi connectivity index (χ0) is 27.2. The number of nitrogens with zero attached hydrogens (tertiary/aromatic N) is 1. The van der Waals surface area contributed by atoms with E-state index in [2.05, 4.69) is 13.8 Å². The van der Waals surface area contributed by atoms with Crippen LogP contribution >= 0.6 is 0 Å². The minimum absolute atomic E-state index is 0.220. The third-order valence-corrected chi connectivity index (χ3v) is 7.91. The molecule has 1 heterocycles. The van der Waals surface area contributed by atoms with E-state index < -0.39 is 23.9 Å². The number of phenols is 1. The van der Waals surface area contributed by atoms with Crippen LogP contribution in [0.25, 0.3) is 6.08 Å². The zero-order valence-electron chi connectivity index (χ0n) is 22.3. The summed E-state index contributed by atoms with van der Waals surface area (Å²) in [6, 6.07) is 16.1. The molecule has 2 aliphatic rings. The summed E-state index contributed by atoms with van der Waals surface area (Å²) in [7, 11) is 0. The van der Waals surface area contributed by atoms with Crippen LogP contribution in [0.4, 0.5) is 5.69 Å². The zero-order valence-corrected chi connectivity index (χ0v) is 22.3. The minimum atomic E-state index is -0.826.